The Labute approximate surface area is 231 Å². The summed E-state index contributed by atoms with van der Waals surface area (Å²) in [4.78, 5) is 24.7. The third-order valence-electron chi connectivity index (χ3n) is 7.91. The van der Waals surface area contributed by atoms with Gasteiger partial charge in [-0.05, 0) is 42.8 Å². The second-order valence-corrected chi connectivity index (χ2v) is 16.5. The van der Waals surface area contributed by atoms with E-state index in [4.69, 9.17) is 4.43 Å². The van der Waals surface area contributed by atoms with Gasteiger partial charge in [0.2, 0.25) is 5.95 Å². The minimum atomic E-state index is -2.01. The molecule has 0 unspecified atom stereocenters. The number of anilines is 2. The van der Waals surface area contributed by atoms with E-state index in [9.17, 15) is 4.79 Å². The van der Waals surface area contributed by atoms with E-state index in [0.717, 1.165) is 33.9 Å². The summed E-state index contributed by atoms with van der Waals surface area (Å²) in [6.07, 6.45) is 5.29. The van der Waals surface area contributed by atoms with E-state index < -0.39 is 8.32 Å². The summed E-state index contributed by atoms with van der Waals surface area (Å²) < 4.78 is 10.1. The van der Waals surface area contributed by atoms with Gasteiger partial charge >= 0.3 is 6.03 Å². The number of nitrogens with one attached hydrogen (secondary N) is 1. The fraction of sp³-hybridized carbons (Fsp3) is 0.379. The van der Waals surface area contributed by atoms with Gasteiger partial charge in [-0.2, -0.15) is 5.10 Å². The van der Waals surface area contributed by atoms with Gasteiger partial charge < -0.3 is 14.6 Å². The molecule has 10 heteroatoms. The van der Waals surface area contributed by atoms with Crippen LogP contribution in [0.4, 0.5) is 16.6 Å². The second kappa shape index (κ2) is 10.1. The van der Waals surface area contributed by atoms with Crippen LogP contribution in [0.3, 0.4) is 0 Å². The molecular weight excluding hydrogens is 506 g/mol. The van der Waals surface area contributed by atoms with Crippen molar-refractivity contribution < 1.29 is 9.22 Å². The van der Waals surface area contributed by atoms with Crippen LogP contribution < -0.4 is 5.32 Å². The number of fused-ring (bicyclic) bond motifs is 1. The normalized spacial score (nSPS) is 14.5. The van der Waals surface area contributed by atoms with Crippen molar-refractivity contribution in [1.82, 2.24) is 29.2 Å². The Morgan fingerprint density at radius 3 is 2.59 bits per heavy atom. The van der Waals surface area contributed by atoms with Crippen molar-refractivity contribution in [3.05, 3.63) is 77.9 Å². The van der Waals surface area contributed by atoms with Crippen LogP contribution in [0.25, 0.3) is 11.3 Å². The largest absolute Gasteiger partial charge is 0.414 e. The summed E-state index contributed by atoms with van der Waals surface area (Å²) >= 11 is 0. The van der Waals surface area contributed by atoms with Crippen molar-refractivity contribution in [2.45, 2.75) is 58.4 Å². The fourth-order valence-electron chi connectivity index (χ4n) is 4.51. The Hall–Kier alpha value is -3.76. The summed E-state index contributed by atoms with van der Waals surface area (Å²) in [6.45, 7) is 14.3. The minimum absolute atomic E-state index is 0.0520. The quantitative estimate of drug-likeness (QED) is 0.263. The average molecular weight is 544 g/mol. The zero-order chi connectivity index (χ0) is 27.9. The van der Waals surface area contributed by atoms with Crippen molar-refractivity contribution in [3.63, 3.8) is 0 Å². The molecule has 204 valence electrons. The Balaban J connectivity index is 1.39. The molecule has 1 amide bonds. The number of aryl methyl sites for hydroxylation is 2. The lowest BCUT2D eigenvalue weighted by Gasteiger charge is -2.38. The summed E-state index contributed by atoms with van der Waals surface area (Å²) in [6, 6.07) is 13.9. The number of carbonyl (C=O) groups is 1. The second-order valence-electron chi connectivity index (χ2n) is 11.7. The number of amides is 1. The highest BCUT2D eigenvalue weighted by molar-refractivity contribution is 6.74. The lowest BCUT2D eigenvalue weighted by atomic mass is 10.0. The first-order valence-electron chi connectivity index (χ1n) is 13.2. The summed E-state index contributed by atoms with van der Waals surface area (Å²) in [7, 11) is -0.157. The number of benzene rings is 1. The van der Waals surface area contributed by atoms with Crippen LogP contribution >= 0.6 is 0 Å². The summed E-state index contributed by atoms with van der Waals surface area (Å²) in [5, 5.41) is 7.44. The number of carbonyl (C=O) groups excluding carboxylic acids is 1. The third kappa shape index (κ3) is 5.39. The molecule has 1 atom stereocenters. The topological polar surface area (TPSA) is 90.1 Å². The molecule has 3 aromatic heterocycles. The first-order valence-corrected chi connectivity index (χ1v) is 16.1. The maximum atomic E-state index is 13.8. The van der Waals surface area contributed by atoms with Crippen molar-refractivity contribution in [2.24, 2.45) is 7.05 Å². The molecule has 0 bridgehead atoms. The summed E-state index contributed by atoms with van der Waals surface area (Å²) in [5.41, 5.74) is 4.80. The van der Waals surface area contributed by atoms with Gasteiger partial charge in [0, 0.05) is 36.8 Å². The van der Waals surface area contributed by atoms with Crippen molar-refractivity contribution in [1.29, 1.82) is 0 Å². The molecule has 1 N–H and O–H groups in total. The van der Waals surface area contributed by atoms with Gasteiger partial charge in [0.05, 0.1) is 31.1 Å². The first-order chi connectivity index (χ1) is 18.4. The summed E-state index contributed by atoms with van der Waals surface area (Å²) in [5.74, 6) is 1.26. The molecule has 4 aromatic rings. The van der Waals surface area contributed by atoms with Crippen LogP contribution in [0.2, 0.25) is 18.1 Å². The molecule has 0 spiro atoms. The molecular formula is C29H37N7O2Si. The number of hydrogen-bond donors (Lipinski definition) is 1. The van der Waals surface area contributed by atoms with E-state index in [-0.39, 0.29) is 17.1 Å². The maximum absolute atomic E-state index is 13.8. The molecule has 1 aliphatic rings. The SMILES string of the molecule is Cc1cccc([C@@H](CO[Si](C)(C)C(C)(C)C)N2Cc3cc(-c4ccnc(Nc5ccnn5C)n4)cn3C2=O)c1. The molecule has 1 aromatic carbocycles. The Morgan fingerprint density at radius 1 is 1.13 bits per heavy atom. The van der Waals surface area contributed by atoms with Gasteiger partial charge in [-0.1, -0.05) is 50.6 Å². The fourth-order valence-corrected chi connectivity index (χ4v) is 5.52. The number of hydrogen-bond acceptors (Lipinski definition) is 6. The Kier molecular flexibility index (Phi) is 6.94. The van der Waals surface area contributed by atoms with Gasteiger partial charge in [-0.15, -0.1) is 0 Å². The zero-order valence-electron chi connectivity index (χ0n) is 23.8. The molecule has 5 rings (SSSR count). The van der Waals surface area contributed by atoms with E-state index in [2.05, 4.69) is 85.4 Å². The standard InChI is InChI=1S/C29H37N7O2Si/c1-20-9-8-10-21(15-20)25(19-38-39(6,7)29(2,3)4)36-18-23-16-22(17-35(23)28(36)37)24-11-13-30-27(32-24)33-26-12-14-31-34(26)5/h8-17,25H,18-19H2,1-7H3,(H,30,32,33)/t25-/m1/s1. The van der Waals surface area contributed by atoms with E-state index >= 15 is 0 Å². The molecule has 0 radical (unpaired) electrons. The van der Waals surface area contributed by atoms with Gasteiger partial charge in [0.25, 0.3) is 0 Å². The van der Waals surface area contributed by atoms with Crippen molar-refractivity contribution in [2.75, 3.05) is 11.9 Å². The molecule has 0 saturated carbocycles. The number of nitrogens with zero attached hydrogens (tertiary/aromatic N) is 6. The molecule has 0 aliphatic carbocycles. The van der Waals surface area contributed by atoms with E-state index in [1.807, 2.05) is 36.3 Å². The van der Waals surface area contributed by atoms with Crippen molar-refractivity contribution in [3.8, 4) is 11.3 Å². The minimum Gasteiger partial charge on any atom is -0.414 e. The molecule has 0 fully saturated rings. The van der Waals surface area contributed by atoms with Crippen LogP contribution in [0, 0.1) is 6.92 Å². The van der Waals surface area contributed by atoms with Crippen LogP contribution in [0.1, 0.15) is 43.6 Å². The predicted octanol–water partition coefficient (Wildman–Crippen LogP) is 6.28. The molecule has 39 heavy (non-hydrogen) atoms. The smallest absolute Gasteiger partial charge is 0.329 e. The van der Waals surface area contributed by atoms with Gasteiger partial charge in [0.15, 0.2) is 8.32 Å². The lowest BCUT2D eigenvalue weighted by molar-refractivity contribution is 0.144. The first kappa shape index (κ1) is 26.8. The van der Waals surface area contributed by atoms with Gasteiger partial charge in [0.1, 0.15) is 5.82 Å². The highest BCUT2D eigenvalue weighted by Crippen LogP contribution is 2.39. The van der Waals surface area contributed by atoms with E-state index in [1.165, 1.54) is 0 Å². The third-order valence-corrected chi connectivity index (χ3v) is 12.4. The van der Waals surface area contributed by atoms with E-state index in [0.29, 0.717) is 19.1 Å². The van der Waals surface area contributed by atoms with Crippen LogP contribution in [0.5, 0.6) is 0 Å². The highest BCUT2D eigenvalue weighted by Gasteiger charge is 2.40. The zero-order valence-corrected chi connectivity index (χ0v) is 24.8. The molecule has 0 saturated heterocycles. The van der Waals surface area contributed by atoms with Crippen LogP contribution in [-0.4, -0.2) is 50.2 Å². The monoisotopic (exact) mass is 543 g/mol. The van der Waals surface area contributed by atoms with Crippen molar-refractivity contribution >= 4 is 26.1 Å². The van der Waals surface area contributed by atoms with Crippen LogP contribution in [0.15, 0.2) is 61.1 Å². The number of aromatic nitrogens is 5. The average Bonchev–Trinajstić information content (AvgIpc) is 3.56. The molecule has 4 heterocycles. The molecule has 9 nitrogen and oxygen atoms in total. The highest BCUT2D eigenvalue weighted by atomic mass is 28.4. The maximum Gasteiger partial charge on any atom is 0.329 e. The Morgan fingerprint density at radius 2 is 1.92 bits per heavy atom. The van der Waals surface area contributed by atoms with E-state index in [1.54, 1.807) is 21.6 Å². The lowest BCUT2D eigenvalue weighted by Crippen LogP contribution is -2.44. The number of rotatable bonds is 8. The molecule has 1 aliphatic heterocycles. The van der Waals surface area contributed by atoms with Crippen LogP contribution in [-0.2, 0) is 18.0 Å². The Bertz CT molecular complexity index is 1500. The van der Waals surface area contributed by atoms with Gasteiger partial charge in [-0.25, -0.2) is 14.8 Å². The predicted molar refractivity (Wildman–Crippen MR) is 155 cm³/mol. The van der Waals surface area contributed by atoms with Gasteiger partial charge in [-0.3, -0.25) is 9.25 Å².